The molecule has 2 aliphatic rings. The summed E-state index contributed by atoms with van der Waals surface area (Å²) in [5.41, 5.74) is 0. The minimum atomic E-state index is 0.779. The first-order valence-electron chi connectivity index (χ1n) is 7.22. The molecule has 2 rings (SSSR count). The van der Waals surface area contributed by atoms with Crippen molar-refractivity contribution < 1.29 is 0 Å². The Morgan fingerprint density at radius 2 is 1.88 bits per heavy atom. The fourth-order valence-electron chi connectivity index (χ4n) is 3.38. The molecular formula is C15H28N2. The normalized spacial score (nSPS) is 33.8. The topological polar surface area (TPSA) is 6.48 Å². The van der Waals surface area contributed by atoms with Crippen LogP contribution < -0.4 is 0 Å². The van der Waals surface area contributed by atoms with Crippen LogP contribution in [-0.4, -0.2) is 49.6 Å². The third-order valence-electron chi connectivity index (χ3n) is 4.74. The van der Waals surface area contributed by atoms with Gasteiger partial charge in [-0.3, -0.25) is 0 Å². The van der Waals surface area contributed by atoms with Gasteiger partial charge in [-0.25, -0.2) is 0 Å². The number of rotatable bonds is 3. The predicted molar refractivity (Wildman–Crippen MR) is 74.1 cm³/mol. The molecule has 2 aliphatic heterocycles. The monoisotopic (exact) mass is 236 g/mol. The molecule has 17 heavy (non-hydrogen) atoms. The highest BCUT2D eigenvalue weighted by Gasteiger charge is 2.27. The molecule has 0 spiro atoms. The molecule has 2 fully saturated rings. The smallest absolute Gasteiger partial charge is 0.00132 e. The molecule has 2 nitrogen and oxygen atoms in total. The Hall–Kier alpha value is -0.340. The number of nitrogens with zero attached hydrogens (tertiary/aromatic N) is 2. The zero-order valence-corrected chi connectivity index (χ0v) is 11.6. The van der Waals surface area contributed by atoms with E-state index in [1.807, 2.05) is 0 Å². The lowest BCUT2D eigenvalue weighted by molar-refractivity contribution is 0.0975. The molecule has 0 aliphatic carbocycles. The molecule has 0 aromatic rings. The third-order valence-corrected chi connectivity index (χ3v) is 4.74. The van der Waals surface area contributed by atoms with Crippen LogP contribution in [0, 0.1) is 17.8 Å². The van der Waals surface area contributed by atoms with E-state index in [0.29, 0.717) is 0 Å². The highest BCUT2D eigenvalue weighted by molar-refractivity contribution is 4.86. The molecule has 0 aromatic carbocycles. The maximum absolute atomic E-state index is 3.92. The number of hydrogen-bond acceptors (Lipinski definition) is 2. The molecule has 2 heterocycles. The van der Waals surface area contributed by atoms with Crippen molar-refractivity contribution in [2.24, 2.45) is 17.8 Å². The summed E-state index contributed by atoms with van der Waals surface area (Å²) in [6, 6.07) is 0. The molecule has 0 N–H and O–H groups in total. The minimum Gasteiger partial charge on any atom is -0.306 e. The van der Waals surface area contributed by atoms with Crippen LogP contribution in [-0.2, 0) is 0 Å². The summed E-state index contributed by atoms with van der Waals surface area (Å²) in [4.78, 5) is 5.16. The molecule has 0 amide bonds. The van der Waals surface area contributed by atoms with Crippen LogP contribution in [0.5, 0.6) is 0 Å². The van der Waals surface area contributed by atoms with Gasteiger partial charge >= 0.3 is 0 Å². The fraction of sp³-hybridized carbons (Fsp3) is 0.867. The Labute approximate surface area is 107 Å². The van der Waals surface area contributed by atoms with E-state index in [0.717, 1.165) is 17.8 Å². The lowest BCUT2D eigenvalue weighted by Gasteiger charge is -2.39. The van der Waals surface area contributed by atoms with Crippen LogP contribution in [0.2, 0.25) is 0 Å². The van der Waals surface area contributed by atoms with Crippen molar-refractivity contribution in [2.45, 2.75) is 26.2 Å². The van der Waals surface area contributed by atoms with Crippen LogP contribution in [0.25, 0.3) is 0 Å². The van der Waals surface area contributed by atoms with E-state index in [4.69, 9.17) is 0 Å². The standard InChI is InChI=1S/C15H28N2/c1-4-14-5-9-17(10-6-14)12-15-7-8-16(3)11-13(15)2/h4,13-15H,1,5-12H2,2-3H3/t13-,15-/m1/s1. The zero-order chi connectivity index (χ0) is 12.3. The van der Waals surface area contributed by atoms with Gasteiger partial charge in [-0.1, -0.05) is 13.0 Å². The molecule has 98 valence electrons. The molecule has 0 radical (unpaired) electrons. The molecule has 2 saturated heterocycles. The van der Waals surface area contributed by atoms with Gasteiger partial charge in [-0.15, -0.1) is 6.58 Å². The SMILES string of the molecule is C=CC1CCN(C[C@H]2CCN(C)C[C@H]2C)CC1. The van der Waals surface area contributed by atoms with Gasteiger partial charge in [-0.2, -0.15) is 0 Å². The van der Waals surface area contributed by atoms with Gasteiger partial charge < -0.3 is 9.80 Å². The number of likely N-dealkylation sites (tertiary alicyclic amines) is 2. The fourth-order valence-corrected chi connectivity index (χ4v) is 3.38. The van der Waals surface area contributed by atoms with E-state index >= 15 is 0 Å². The molecule has 2 atom stereocenters. The summed E-state index contributed by atoms with van der Waals surface area (Å²) < 4.78 is 0. The second kappa shape index (κ2) is 6.01. The number of hydrogen-bond donors (Lipinski definition) is 0. The molecule has 0 aromatic heterocycles. The van der Waals surface area contributed by atoms with Gasteiger partial charge in [0.15, 0.2) is 0 Å². The number of allylic oxidation sites excluding steroid dienone is 1. The molecule has 2 heteroatoms. The van der Waals surface area contributed by atoms with E-state index in [-0.39, 0.29) is 0 Å². The van der Waals surface area contributed by atoms with Crippen molar-refractivity contribution in [3.63, 3.8) is 0 Å². The Morgan fingerprint density at radius 3 is 2.47 bits per heavy atom. The van der Waals surface area contributed by atoms with Gasteiger partial charge in [0.1, 0.15) is 0 Å². The van der Waals surface area contributed by atoms with Crippen molar-refractivity contribution in [1.82, 2.24) is 9.80 Å². The summed E-state index contributed by atoms with van der Waals surface area (Å²) in [7, 11) is 2.25. The van der Waals surface area contributed by atoms with Crippen molar-refractivity contribution in [1.29, 1.82) is 0 Å². The maximum Gasteiger partial charge on any atom is 0.00132 e. The molecular weight excluding hydrogens is 208 g/mol. The van der Waals surface area contributed by atoms with Crippen molar-refractivity contribution in [3.05, 3.63) is 12.7 Å². The first kappa shape index (κ1) is 13.1. The second-order valence-corrected chi connectivity index (χ2v) is 6.16. The highest BCUT2D eigenvalue weighted by Crippen LogP contribution is 2.25. The Bertz CT molecular complexity index is 243. The average Bonchev–Trinajstić information content (AvgIpc) is 2.34. The van der Waals surface area contributed by atoms with E-state index in [1.54, 1.807) is 0 Å². The van der Waals surface area contributed by atoms with Gasteiger partial charge in [-0.05, 0) is 63.7 Å². The summed E-state index contributed by atoms with van der Waals surface area (Å²) in [6.45, 7) is 12.8. The highest BCUT2D eigenvalue weighted by atomic mass is 15.1. The molecule has 0 bridgehead atoms. The zero-order valence-electron chi connectivity index (χ0n) is 11.6. The Morgan fingerprint density at radius 1 is 1.18 bits per heavy atom. The average molecular weight is 236 g/mol. The van der Waals surface area contributed by atoms with Crippen LogP contribution in [0.4, 0.5) is 0 Å². The van der Waals surface area contributed by atoms with Crippen LogP contribution in [0.3, 0.4) is 0 Å². The summed E-state index contributed by atoms with van der Waals surface area (Å²) in [5.74, 6) is 2.57. The summed E-state index contributed by atoms with van der Waals surface area (Å²) in [6.07, 6.45) is 6.18. The summed E-state index contributed by atoms with van der Waals surface area (Å²) in [5, 5.41) is 0. The molecule has 0 saturated carbocycles. The van der Waals surface area contributed by atoms with Crippen molar-refractivity contribution in [3.8, 4) is 0 Å². The minimum absolute atomic E-state index is 0.779. The van der Waals surface area contributed by atoms with E-state index < -0.39 is 0 Å². The molecule has 0 unspecified atom stereocenters. The maximum atomic E-state index is 3.92. The van der Waals surface area contributed by atoms with Crippen LogP contribution in [0.1, 0.15) is 26.2 Å². The first-order chi connectivity index (χ1) is 8.19. The van der Waals surface area contributed by atoms with E-state index in [9.17, 15) is 0 Å². The van der Waals surface area contributed by atoms with Gasteiger partial charge in [0.05, 0.1) is 0 Å². The van der Waals surface area contributed by atoms with Crippen molar-refractivity contribution >= 4 is 0 Å². The van der Waals surface area contributed by atoms with Crippen molar-refractivity contribution in [2.75, 3.05) is 39.8 Å². The number of piperidine rings is 2. The Kier molecular flexibility index (Phi) is 4.63. The second-order valence-electron chi connectivity index (χ2n) is 6.16. The van der Waals surface area contributed by atoms with Crippen LogP contribution >= 0.6 is 0 Å². The predicted octanol–water partition coefficient (Wildman–Crippen LogP) is 2.47. The summed E-state index contributed by atoms with van der Waals surface area (Å²) >= 11 is 0. The van der Waals surface area contributed by atoms with E-state index in [1.165, 1.54) is 52.0 Å². The largest absolute Gasteiger partial charge is 0.306 e. The van der Waals surface area contributed by atoms with Crippen LogP contribution in [0.15, 0.2) is 12.7 Å². The lowest BCUT2D eigenvalue weighted by atomic mass is 9.86. The van der Waals surface area contributed by atoms with Gasteiger partial charge in [0, 0.05) is 13.1 Å². The first-order valence-corrected chi connectivity index (χ1v) is 7.22. The van der Waals surface area contributed by atoms with E-state index in [2.05, 4.69) is 36.4 Å². The Balaban J connectivity index is 1.76. The third kappa shape index (κ3) is 3.56. The van der Waals surface area contributed by atoms with Gasteiger partial charge in [0.25, 0.3) is 0 Å². The quantitative estimate of drug-likeness (QED) is 0.695. The lowest BCUT2D eigenvalue weighted by Crippen LogP contribution is -2.44. The van der Waals surface area contributed by atoms with Gasteiger partial charge in [0.2, 0.25) is 0 Å².